The molecule has 0 saturated carbocycles. The Bertz CT molecular complexity index is 264. The lowest BCUT2D eigenvalue weighted by molar-refractivity contribution is -0.113. The van der Waals surface area contributed by atoms with Gasteiger partial charge in [-0.05, 0) is 37.7 Å². The van der Waals surface area contributed by atoms with Gasteiger partial charge >= 0.3 is 0 Å². The zero-order valence-corrected chi connectivity index (χ0v) is 16.3. The van der Waals surface area contributed by atoms with Crippen LogP contribution in [0.25, 0.3) is 0 Å². The van der Waals surface area contributed by atoms with Crippen molar-refractivity contribution in [2.45, 2.75) is 103 Å². The summed E-state index contributed by atoms with van der Waals surface area (Å²) in [5, 5.41) is -0.269. The Balaban J connectivity index is 3.66. The lowest BCUT2D eigenvalue weighted by atomic mass is 10.0. The first kappa shape index (κ1) is 21.1. The molecule has 0 saturated heterocycles. The van der Waals surface area contributed by atoms with Gasteiger partial charge in [0.15, 0.2) is 8.32 Å². The van der Waals surface area contributed by atoms with Crippen LogP contribution in [0.2, 0.25) is 19.6 Å². The summed E-state index contributed by atoms with van der Waals surface area (Å²) < 4.78 is 6.05. The Labute approximate surface area is 138 Å². The van der Waals surface area contributed by atoms with Gasteiger partial charge < -0.3 is 4.43 Å². The van der Waals surface area contributed by atoms with Crippen molar-refractivity contribution in [3.05, 3.63) is 0 Å². The van der Waals surface area contributed by atoms with Crippen LogP contribution in [0.5, 0.6) is 0 Å². The summed E-state index contributed by atoms with van der Waals surface area (Å²) in [6.45, 7) is 8.74. The average Bonchev–Trinajstić information content (AvgIpc) is 2.34. The van der Waals surface area contributed by atoms with E-state index in [2.05, 4.69) is 26.6 Å². The summed E-state index contributed by atoms with van der Waals surface area (Å²) in [4.78, 5) is 11.1. The Morgan fingerprint density at radius 1 is 0.952 bits per heavy atom. The van der Waals surface area contributed by atoms with Crippen molar-refractivity contribution in [3.63, 3.8) is 0 Å². The number of halogens is 1. The predicted molar refractivity (Wildman–Crippen MR) is 95.5 cm³/mol. The third kappa shape index (κ3) is 16.3. The zero-order chi connectivity index (χ0) is 16.1. The van der Waals surface area contributed by atoms with Crippen molar-refractivity contribution >= 4 is 25.2 Å². The van der Waals surface area contributed by atoms with E-state index in [1.54, 1.807) is 0 Å². The van der Waals surface area contributed by atoms with E-state index in [0.29, 0.717) is 6.42 Å². The van der Waals surface area contributed by atoms with Gasteiger partial charge in [-0.2, -0.15) is 0 Å². The molecule has 0 unspecified atom stereocenters. The van der Waals surface area contributed by atoms with Crippen LogP contribution in [0.4, 0.5) is 0 Å². The number of carbonyl (C=O) groups is 1. The second-order valence-corrected chi connectivity index (χ2v) is 11.9. The molecule has 126 valence electrons. The van der Waals surface area contributed by atoms with E-state index < -0.39 is 8.32 Å². The molecule has 0 fully saturated rings. The number of carbonyl (C=O) groups excluding carboxylic acids is 1. The summed E-state index contributed by atoms with van der Waals surface area (Å²) in [7, 11) is -1.59. The number of hydrogen-bond acceptors (Lipinski definition) is 2. The van der Waals surface area contributed by atoms with Crippen LogP contribution in [0, 0.1) is 0 Å². The molecule has 4 heteroatoms. The first-order valence-corrected chi connectivity index (χ1v) is 12.5. The van der Waals surface area contributed by atoms with Crippen molar-refractivity contribution < 1.29 is 9.22 Å². The molecule has 0 aromatic carbocycles. The molecule has 0 heterocycles. The van der Waals surface area contributed by atoms with E-state index in [0.717, 1.165) is 12.8 Å². The highest BCUT2D eigenvalue weighted by molar-refractivity contribution is 6.69. The monoisotopic (exact) mass is 334 g/mol. The van der Waals surface area contributed by atoms with Crippen LogP contribution < -0.4 is 0 Å². The molecule has 0 spiro atoms. The minimum absolute atomic E-state index is 0.0335. The molecule has 21 heavy (non-hydrogen) atoms. The van der Waals surface area contributed by atoms with Crippen molar-refractivity contribution in [3.8, 4) is 0 Å². The van der Waals surface area contributed by atoms with Gasteiger partial charge in [-0.25, -0.2) is 0 Å². The predicted octanol–water partition coefficient (Wildman–Crippen LogP) is 6.28. The number of hydrogen-bond donors (Lipinski definition) is 0. The molecule has 0 radical (unpaired) electrons. The summed E-state index contributed by atoms with van der Waals surface area (Å²) in [5.41, 5.74) is 0. The quantitative estimate of drug-likeness (QED) is 0.212. The van der Waals surface area contributed by atoms with Crippen molar-refractivity contribution in [2.24, 2.45) is 0 Å². The Kier molecular flexibility index (Phi) is 12.7. The lowest BCUT2D eigenvalue weighted by Crippen LogP contribution is -2.32. The molecule has 0 aliphatic rings. The maximum atomic E-state index is 11.1. The van der Waals surface area contributed by atoms with Gasteiger partial charge in [0.25, 0.3) is 0 Å². The first-order valence-electron chi connectivity index (χ1n) is 8.71. The van der Waals surface area contributed by atoms with E-state index in [-0.39, 0.29) is 11.3 Å². The van der Waals surface area contributed by atoms with Crippen LogP contribution in [0.3, 0.4) is 0 Å². The molecule has 0 N–H and O–H groups in total. The van der Waals surface area contributed by atoms with E-state index >= 15 is 0 Å². The average molecular weight is 335 g/mol. The maximum absolute atomic E-state index is 11.1. The lowest BCUT2D eigenvalue weighted by Gasteiger charge is -2.25. The van der Waals surface area contributed by atoms with Crippen LogP contribution in [-0.4, -0.2) is 19.7 Å². The van der Waals surface area contributed by atoms with E-state index in [1.165, 1.54) is 51.4 Å². The fraction of sp³-hybridized carbons (Fsp3) is 0.941. The molecule has 0 amide bonds. The molecule has 0 aromatic heterocycles. The van der Waals surface area contributed by atoms with Crippen LogP contribution >= 0.6 is 11.6 Å². The molecular formula is C17H35ClO2Si. The Morgan fingerprint density at radius 3 is 1.86 bits per heavy atom. The fourth-order valence-electron chi connectivity index (χ4n) is 2.56. The number of unbranched alkanes of at least 4 members (excludes halogenated alkanes) is 8. The van der Waals surface area contributed by atoms with Gasteiger partial charge in [0.2, 0.25) is 5.24 Å². The zero-order valence-electron chi connectivity index (χ0n) is 14.5. The number of rotatable bonds is 14. The molecule has 0 bridgehead atoms. The summed E-state index contributed by atoms with van der Waals surface area (Å²) >= 11 is 5.52. The third-order valence-electron chi connectivity index (χ3n) is 3.54. The molecule has 2 nitrogen and oxygen atoms in total. The minimum Gasteiger partial charge on any atom is -0.414 e. The van der Waals surface area contributed by atoms with E-state index in [1.807, 2.05) is 0 Å². The standard InChI is InChI=1S/C17H35ClO2Si/c1-5-6-7-8-9-10-11-12-13-14-16(15-17(18)19)20-21(2,3)4/h16H,5-15H2,1-4H3/t16-/m0/s1. The highest BCUT2D eigenvalue weighted by atomic mass is 35.5. The minimum atomic E-state index is -1.59. The highest BCUT2D eigenvalue weighted by Crippen LogP contribution is 2.18. The second kappa shape index (κ2) is 12.7. The highest BCUT2D eigenvalue weighted by Gasteiger charge is 2.22. The summed E-state index contributed by atoms with van der Waals surface area (Å²) in [6.07, 6.45) is 13.3. The van der Waals surface area contributed by atoms with Crippen LogP contribution in [0.15, 0.2) is 0 Å². The molecule has 0 aliphatic heterocycles. The SMILES string of the molecule is CCCCCCCCCCC[C@@H](CC(=O)Cl)O[Si](C)(C)C. The first-order chi connectivity index (χ1) is 9.85. The summed E-state index contributed by atoms with van der Waals surface area (Å²) in [6, 6.07) is 0. The van der Waals surface area contributed by atoms with Gasteiger partial charge in [-0.3, -0.25) is 4.79 Å². The normalized spacial score (nSPS) is 13.4. The Morgan fingerprint density at radius 2 is 1.43 bits per heavy atom. The molecule has 1 atom stereocenters. The van der Waals surface area contributed by atoms with E-state index in [4.69, 9.17) is 16.0 Å². The largest absolute Gasteiger partial charge is 0.414 e. The van der Waals surface area contributed by atoms with Crippen LogP contribution in [-0.2, 0) is 9.22 Å². The third-order valence-corrected chi connectivity index (χ3v) is 4.73. The topological polar surface area (TPSA) is 26.3 Å². The smallest absolute Gasteiger partial charge is 0.224 e. The molecule has 0 aliphatic carbocycles. The molecule has 0 rings (SSSR count). The van der Waals surface area contributed by atoms with Gasteiger partial charge in [0.1, 0.15) is 0 Å². The van der Waals surface area contributed by atoms with Crippen LogP contribution in [0.1, 0.15) is 77.6 Å². The second-order valence-electron chi connectivity index (χ2n) is 7.03. The summed E-state index contributed by atoms with van der Waals surface area (Å²) in [5.74, 6) is 0. The van der Waals surface area contributed by atoms with Gasteiger partial charge in [0, 0.05) is 6.42 Å². The van der Waals surface area contributed by atoms with Gasteiger partial charge in [-0.1, -0.05) is 64.7 Å². The van der Waals surface area contributed by atoms with E-state index in [9.17, 15) is 4.79 Å². The Hall–Kier alpha value is 0.137. The molecular weight excluding hydrogens is 300 g/mol. The fourth-order valence-corrected chi connectivity index (χ4v) is 3.94. The van der Waals surface area contributed by atoms with Crippen molar-refractivity contribution in [2.75, 3.05) is 0 Å². The van der Waals surface area contributed by atoms with Gasteiger partial charge in [-0.15, -0.1) is 0 Å². The van der Waals surface area contributed by atoms with Crippen molar-refractivity contribution in [1.82, 2.24) is 0 Å². The molecule has 0 aromatic rings. The van der Waals surface area contributed by atoms with Crippen molar-refractivity contribution in [1.29, 1.82) is 0 Å². The van der Waals surface area contributed by atoms with Gasteiger partial charge in [0.05, 0.1) is 6.10 Å². The maximum Gasteiger partial charge on any atom is 0.224 e.